The second-order valence-corrected chi connectivity index (χ2v) is 9.01. The Labute approximate surface area is 162 Å². The van der Waals surface area contributed by atoms with E-state index in [1.807, 2.05) is 0 Å². The van der Waals surface area contributed by atoms with Crippen LogP contribution >= 0.6 is 0 Å². The summed E-state index contributed by atoms with van der Waals surface area (Å²) in [7, 11) is -6.52. The van der Waals surface area contributed by atoms with Gasteiger partial charge in [0.05, 0.1) is 24.7 Å². The molecule has 0 heterocycles. The van der Waals surface area contributed by atoms with Gasteiger partial charge in [-0.25, -0.2) is 21.6 Å². The molecule has 3 N–H and O–H groups in total. The summed E-state index contributed by atoms with van der Waals surface area (Å²) in [6, 6.07) is 10.0. The van der Waals surface area contributed by atoms with Crippen LogP contribution in [0.1, 0.15) is 5.56 Å². The first-order valence-electron chi connectivity index (χ1n) is 7.70. The molecule has 0 aliphatic rings. The number of rotatable bonds is 8. The number of anilines is 2. The minimum atomic E-state index is -4.19. The van der Waals surface area contributed by atoms with Gasteiger partial charge in [-0.15, -0.1) is 0 Å². The van der Waals surface area contributed by atoms with Crippen molar-refractivity contribution in [3.8, 4) is 5.75 Å². The molecule has 11 heteroatoms. The normalized spacial score (nSPS) is 11.9. The monoisotopic (exact) mass is 426 g/mol. The number of sulfonamides is 2. The van der Waals surface area contributed by atoms with Gasteiger partial charge < -0.3 is 9.84 Å². The van der Waals surface area contributed by atoms with Crippen LogP contribution in [0.3, 0.4) is 0 Å². The molecule has 150 valence electrons. The zero-order valence-corrected chi connectivity index (χ0v) is 16.5. The summed E-state index contributed by atoms with van der Waals surface area (Å²) in [5, 5.41) is 8.72. The van der Waals surface area contributed by atoms with Crippen molar-refractivity contribution in [3.63, 3.8) is 0 Å². The van der Waals surface area contributed by atoms with Crippen molar-refractivity contribution in [2.24, 2.45) is 0 Å². The first-order valence-corrected chi connectivity index (χ1v) is 11.1. The Morgan fingerprint density at radius 3 is 2.18 bits per heavy atom. The van der Waals surface area contributed by atoms with Crippen molar-refractivity contribution >= 4 is 43.5 Å². The largest absolute Gasteiger partial charge is 0.495 e. The van der Waals surface area contributed by atoms with Crippen LogP contribution < -0.4 is 14.2 Å². The highest BCUT2D eigenvalue weighted by Crippen LogP contribution is 2.30. The van der Waals surface area contributed by atoms with Crippen LogP contribution in [0.5, 0.6) is 5.75 Å². The van der Waals surface area contributed by atoms with E-state index in [2.05, 4.69) is 9.44 Å². The van der Waals surface area contributed by atoms with Crippen molar-refractivity contribution in [3.05, 3.63) is 54.1 Å². The van der Waals surface area contributed by atoms with Gasteiger partial charge in [0.1, 0.15) is 10.6 Å². The molecule has 0 aliphatic carbocycles. The van der Waals surface area contributed by atoms with Gasteiger partial charge in [0.15, 0.2) is 0 Å². The van der Waals surface area contributed by atoms with E-state index in [-0.39, 0.29) is 22.0 Å². The van der Waals surface area contributed by atoms with Crippen LogP contribution in [0.2, 0.25) is 0 Å². The summed E-state index contributed by atoms with van der Waals surface area (Å²) in [6.07, 6.45) is 3.05. The number of aliphatic carboxylic acids is 1. The lowest BCUT2D eigenvalue weighted by atomic mass is 10.2. The van der Waals surface area contributed by atoms with Gasteiger partial charge in [0.2, 0.25) is 10.0 Å². The molecule has 2 aromatic rings. The first kappa shape index (κ1) is 21.3. The van der Waals surface area contributed by atoms with Gasteiger partial charge in [-0.1, -0.05) is 18.2 Å². The predicted octanol–water partition coefficient (Wildman–Crippen LogP) is 1.97. The van der Waals surface area contributed by atoms with Crippen LogP contribution in [0.4, 0.5) is 11.4 Å². The number of para-hydroxylation sites is 2. The maximum absolute atomic E-state index is 12.9. The fourth-order valence-electron chi connectivity index (χ4n) is 2.24. The second kappa shape index (κ2) is 8.31. The molecule has 0 spiro atoms. The number of nitrogens with one attached hydrogen (secondary N) is 2. The molecule has 2 rings (SSSR count). The third kappa shape index (κ3) is 5.72. The lowest BCUT2D eigenvalue weighted by Crippen LogP contribution is -2.17. The highest BCUT2D eigenvalue weighted by atomic mass is 32.2. The minimum Gasteiger partial charge on any atom is -0.495 e. The average molecular weight is 426 g/mol. The zero-order valence-electron chi connectivity index (χ0n) is 14.9. The van der Waals surface area contributed by atoms with E-state index in [9.17, 15) is 21.6 Å². The van der Waals surface area contributed by atoms with Gasteiger partial charge >= 0.3 is 5.97 Å². The zero-order chi connectivity index (χ0) is 20.9. The maximum Gasteiger partial charge on any atom is 0.328 e. The van der Waals surface area contributed by atoms with Crippen molar-refractivity contribution in [1.82, 2.24) is 0 Å². The number of carbonyl (C=O) groups is 1. The summed E-state index contributed by atoms with van der Waals surface area (Å²) in [6.45, 7) is 0. The predicted molar refractivity (Wildman–Crippen MR) is 105 cm³/mol. The van der Waals surface area contributed by atoms with Crippen LogP contribution in [0, 0.1) is 0 Å². The van der Waals surface area contributed by atoms with Crippen molar-refractivity contribution < 1.29 is 31.5 Å². The topological polar surface area (TPSA) is 139 Å². The number of benzene rings is 2. The molecular weight excluding hydrogens is 408 g/mol. The Kier molecular flexibility index (Phi) is 6.31. The Morgan fingerprint density at radius 2 is 1.64 bits per heavy atom. The number of hydrogen-bond donors (Lipinski definition) is 3. The van der Waals surface area contributed by atoms with Gasteiger partial charge in [-0.2, -0.15) is 0 Å². The smallest absolute Gasteiger partial charge is 0.328 e. The Balaban J connectivity index is 2.48. The van der Waals surface area contributed by atoms with Gasteiger partial charge in [-0.3, -0.25) is 9.44 Å². The highest BCUT2D eigenvalue weighted by Gasteiger charge is 2.22. The molecule has 0 aromatic heterocycles. The van der Waals surface area contributed by atoms with Gasteiger partial charge in [0, 0.05) is 6.08 Å². The Bertz CT molecular complexity index is 1120. The average Bonchev–Trinajstić information content (AvgIpc) is 2.60. The standard InChI is InChI=1S/C17H18N2O7S2/c1-26-15-9-7-12(8-10-17(20)21)11-16(15)28(24,25)19-14-6-4-3-5-13(14)18-27(2,22)23/h3-11,18-19H,1-2H3,(H,20,21)/b10-8+. The van der Waals surface area contributed by atoms with E-state index in [4.69, 9.17) is 9.84 Å². The molecule has 0 atom stereocenters. The molecule has 0 bridgehead atoms. The van der Waals surface area contributed by atoms with E-state index in [0.717, 1.165) is 12.3 Å². The molecule has 2 aromatic carbocycles. The molecule has 0 saturated carbocycles. The van der Waals surface area contributed by atoms with Crippen LogP contribution in [0.15, 0.2) is 53.4 Å². The van der Waals surface area contributed by atoms with E-state index in [1.54, 1.807) is 6.07 Å². The van der Waals surface area contributed by atoms with E-state index in [1.165, 1.54) is 49.6 Å². The number of carboxylic acids is 1. The van der Waals surface area contributed by atoms with E-state index in [0.29, 0.717) is 5.56 Å². The minimum absolute atomic E-state index is 0.0152. The Hall–Kier alpha value is -3.05. The maximum atomic E-state index is 12.9. The number of hydrogen-bond acceptors (Lipinski definition) is 6. The Morgan fingerprint density at radius 1 is 1.04 bits per heavy atom. The van der Waals surface area contributed by atoms with Crippen LogP contribution in [-0.2, 0) is 24.8 Å². The molecule has 0 unspecified atom stereocenters. The van der Waals surface area contributed by atoms with Crippen LogP contribution in [0.25, 0.3) is 6.08 Å². The van der Waals surface area contributed by atoms with Crippen molar-refractivity contribution in [2.45, 2.75) is 4.90 Å². The van der Waals surface area contributed by atoms with E-state index < -0.39 is 26.0 Å². The number of carboxylic acid groups (broad SMARTS) is 1. The third-order valence-corrected chi connectivity index (χ3v) is 5.34. The van der Waals surface area contributed by atoms with Crippen molar-refractivity contribution in [2.75, 3.05) is 22.8 Å². The van der Waals surface area contributed by atoms with Crippen molar-refractivity contribution in [1.29, 1.82) is 0 Å². The molecule has 0 saturated heterocycles. The second-order valence-electron chi connectivity index (χ2n) is 5.61. The molecule has 0 aliphatic heterocycles. The van der Waals surface area contributed by atoms with E-state index >= 15 is 0 Å². The fraction of sp³-hybridized carbons (Fsp3) is 0.118. The first-order chi connectivity index (χ1) is 13.0. The van der Waals surface area contributed by atoms with Crippen LogP contribution in [-0.4, -0.2) is 41.3 Å². The molecule has 28 heavy (non-hydrogen) atoms. The van der Waals surface area contributed by atoms with Gasteiger partial charge in [0.25, 0.3) is 10.0 Å². The quantitative estimate of drug-likeness (QED) is 0.548. The number of ether oxygens (including phenoxy) is 1. The summed E-state index contributed by atoms with van der Waals surface area (Å²) in [4.78, 5) is 10.4. The molecular formula is C17H18N2O7S2. The molecule has 0 amide bonds. The lowest BCUT2D eigenvalue weighted by Gasteiger charge is -2.15. The fourth-order valence-corrected chi connectivity index (χ4v) is 4.10. The highest BCUT2D eigenvalue weighted by molar-refractivity contribution is 7.93. The van der Waals surface area contributed by atoms with Gasteiger partial charge in [-0.05, 0) is 35.9 Å². The molecule has 0 radical (unpaired) electrons. The molecule has 9 nitrogen and oxygen atoms in total. The number of methoxy groups -OCH3 is 1. The summed E-state index contributed by atoms with van der Waals surface area (Å²) < 4.78 is 58.4. The lowest BCUT2D eigenvalue weighted by molar-refractivity contribution is -0.131. The molecule has 0 fully saturated rings. The summed E-state index contributed by atoms with van der Waals surface area (Å²) >= 11 is 0. The SMILES string of the molecule is COc1ccc(/C=C/C(=O)O)cc1S(=O)(=O)Nc1ccccc1NS(C)(=O)=O. The third-order valence-electron chi connectivity index (χ3n) is 3.36. The summed E-state index contributed by atoms with van der Waals surface area (Å²) in [5.74, 6) is -1.15. The summed E-state index contributed by atoms with van der Waals surface area (Å²) in [5.41, 5.74) is 0.391.